The summed E-state index contributed by atoms with van der Waals surface area (Å²) in [5.74, 6) is 0. The van der Waals surface area contributed by atoms with Gasteiger partial charge in [0.25, 0.3) is 0 Å². The predicted octanol–water partition coefficient (Wildman–Crippen LogP) is 14.2. The van der Waals surface area contributed by atoms with E-state index in [0.29, 0.717) is 0 Å². The second-order valence-electron chi connectivity index (χ2n) is 16.5. The lowest BCUT2D eigenvalue weighted by Crippen LogP contribution is -2.50. The quantitative estimate of drug-likeness (QED) is 0.0281. The average molecular weight is 771 g/mol. The summed E-state index contributed by atoms with van der Waals surface area (Å²) >= 11 is 0. The van der Waals surface area contributed by atoms with Gasteiger partial charge in [-0.25, -0.2) is 0 Å². The number of quaternary nitrogens is 1. The molecule has 3 rings (SSSR count). The Morgan fingerprint density at radius 3 is 0.839 bits per heavy atom. The Kier molecular flexibility index (Phi) is 28.9. The van der Waals surface area contributed by atoms with E-state index < -0.39 is 12.9 Å². The van der Waals surface area contributed by atoms with Crippen LogP contribution < -0.4 is 0 Å². The number of benzene rings is 3. The first-order valence-electron chi connectivity index (χ1n) is 23.5. The Bertz CT molecular complexity index is 1110. The van der Waals surface area contributed by atoms with Gasteiger partial charge in [-0.3, -0.25) is 0 Å². The zero-order valence-corrected chi connectivity index (χ0v) is 36.8. The van der Waals surface area contributed by atoms with E-state index in [2.05, 4.69) is 27.7 Å². The standard InChI is InChI=1S/C32H68N.C19H17BO3/c1-5-9-13-17-21-25-29-33(30-26-22-18-14-10-6-2,31-27-23-19-15-11-7-3)32-28-24-20-16-12-8-4;21-20(22)23-19(16-10-4-1-5-11-16,17-12-6-2-7-13-17)18-14-8-3-9-15-18/h5-32H2,1-4H3;1-15,21-22H/q+1;. The van der Waals surface area contributed by atoms with Crippen molar-refractivity contribution in [2.75, 3.05) is 26.2 Å². The molecule has 3 aromatic rings. The van der Waals surface area contributed by atoms with Crippen molar-refractivity contribution >= 4 is 7.32 Å². The molecule has 0 fully saturated rings. The molecule has 5 heteroatoms. The minimum absolute atomic E-state index is 0.825. The molecule has 0 heterocycles. The number of hydrogen-bond donors (Lipinski definition) is 2. The Labute approximate surface area is 346 Å². The SMILES string of the molecule is CCCCCCCC[N+](CCCCCCCC)(CCCCCCCC)CCCCCCCC.OB(O)OC(c1ccccc1)(c1ccccc1)c1ccccc1. The summed E-state index contributed by atoms with van der Waals surface area (Å²) in [6.07, 6.45) is 34.8. The van der Waals surface area contributed by atoms with Crippen LogP contribution in [-0.4, -0.2) is 48.0 Å². The van der Waals surface area contributed by atoms with Crippen molar-refractivity contribution < 1.29 is 19.2 Å². The van der Waals surface area contributed by atoms with E-state index in [9.17, 15) is 10.0 Å². The normalized spacial score (nSPS) is 11.7. The number of hydrogen-bond acceptors (Lipinski definition) is 3. The molecule has 0 spiro atoms. The summed E-state index contributed by atoms with van der Waals surface area (Å²) in [7, 11) is -1.91. The number of unbranched alkanes of at least 4 members (excludes halogenated alkanes) is 20. The van der Waals surface area contributed by atoms with Gasteiger partial charge < -0.3 is 19.2 Å². The Balaban J connectivity index is 0.000000408. The van der Waals surface area contributed by atoms with E-state index in [4.69, 9.17) is 4.65 Å². The second kappa shape index (κ2) is 32.5. The van der Waals surface area contributed by atoms with E-state index in [1.807, 2.05) is 91.0 Å². The molecular formula is C51H85BNO3+. The number of rotatable bonds is 33. The highest BCUT2D eigenvalue weighted by molar-refractivity contribution is 6.33. The van der Waals surface area contributed by atoms with Crippen molar-refractivity contribution in [3.63, 3.8) is 0 Å². The van der Waals surface area contributed by atoms with Crippen LogP contribution in [0.15, 0.2) is 91.0 Å². The molecule has 0 radical (unpaired) electrons. The van der Waals surface area contributed by atoms with Crippen LogP contribution in [0, 0.1) is 0 Å². The largest absolute Gasteiger partial charge is 0.635 e. The highest BCUT2D eigenvalue weighted by Crippen LogP contribution is 2.40. The molecule has 0 atom stereocenters. The Morgan fingerprint density at radius 2 is 0.607 bits per heavy atom. The molecule has 56 heavy (non-hydrogen) atoms. The highest BCUT2D eigenvalue weighted by atomic mass is 16.6. The fourth-order valence-corrected chi connectivity index (χ4v) is 8.46. The summed E-state index contributed by atoms with van der Waals surface area (Å²) in [6, 6.07) is 28.7. The van der Waals surface area contributed by atoms with Crippen LogP contribution in [0.3, 0.4) is 0 Å². The minimum Gasteiger partial charge on any atom is -0.402 e. The smallest absolute Gasteiger partial charge is 0.402 e. The second-order valence-corrected chi connectivity index (χ2v) is 16.5. The molecule has 4 nitrogen and oxygen atoms in total. The molecule has 0 bridgehead atoms. The monoisotopic (exact) mass is 771 g/mol. The zero-order chi connectivity index (χ0) is 40.4. The van der Waals surface area contributed by atoms with E-state index in [0.717, 1.165) is 16.7 Å². The van der Waals surface area contributed by atoms with Gasteiger partial charge in [0.2, 0.25) is 0 Å². The van der Waals surface area contributed by atoms with Crippen LogP contribution >= 0.6 is 0 Å². The van der Waals surface area contributed by atoms with Crippen molar-refractivity contribution in [1.29, 1.82) is 0 Å². The molecule has 0 aliphatic carbocycles. The topological polar surface area (TPSA) is 49.7 Å². The molecule has 314 valence electrons. The third-order valence-electron chi connectivity index (χ3n) is 11.8. The van der Waals surface area contributed by atoms with Crippen LogP contribution in [0.4, 0.5) is 0 Å². The lowest BCUT2D eigenvalue weighted by Gasteiger charge is -2.40. The maximum Gasteiger partial charge on any atom is 0.635 e. The summed E-state index contributed by atoms with van der Waals surface area (Å²) in [6.45, 7) is 15.3. The van der Waals surface area contributed by atoms with Crippen LogP contribution in [0.25, 0.3) is 0 Å². The fraction of sp³-hybridized carbons (Fsp3) is 0.647. The maximum absolute atomic E-state index is 9.61. The molecule has 0 amide bonds. The third kappa shape index (κ3) is 20.3. The van der Waals surface area contributed by atoms with E-state index >= 15 is 0 Å². The first-order chi connectivity index (χ1) is 27.5. The highest BCUT2D eigenvalue weighted by Gasteiger charge is 2.40. The lowest BCUT2D eigenvalue weighted by molar-refractivity contribution is -0.929. The average Bonchev–Trinajstić information content (AvgIpc) is 3.23. The van der Waals surface area contributed by atoms with Crippen LogP contribution in [-0.2, 0) is 10.3 Å². The van der Waals surface area contributed by atoms with Crippen LogP contribution in [0.5, 0.6) is 0 Å². The van der Waals surface area contributed by atoms with Crippen molar-refractivity contribution in [2.24, 2.45) is 0 Å². The molecule has 0 saturated heterocycles. The van der Waals surface area contributed by atoms with Crippen molar-refractivity contribution in [3.8, 4) is 0 Å². The Morgan fingerprint density at radius 1 is 0.375 bits per heavy atom. The molecule has 0 aromatic heterocycles. The molecule has 3 aromatic carbocycles. The van der Waals surface area contributed by atoms with E-state index in [-0.39, 0.29) is 0 Å². The fourth-order valence-electron chi connectivity index (χ4n) is 8.46. The molecule has 0 aliphatic rings. The summed E-state index contributed by atoms with van der Waals surface area (Å²) in [5.41, 5.74) is 1.37. The number of nitrogens with zero attached hydrogens (tertiary/aromatic N) is 1. The summed E-state index contributed by atoms with van der Waals surface area (Å²) in [5, 5.41) is 19.2. The van der Waals surface area contributed by atoms with Gasteiger partial charge in [-0.1, -0.05) is 221 Å². The van der Waals surface area contributed by atoms with Gasteiger partial charge in [0, 0.05) is 0 Å². The van der Waals surface area contributed by atoms with Gasteiger partial charge in [-0.2, -0.15) is 0 Å². The zero-order valence-electron chi connectivity index (χ0n) is 36.8. The van der Waals surface area contributed by atoms with Gasteiger partial charge >= 0.3 is 7.32 Å². The van der Waals surface area contributed by atoms with Gasteiger partial charge in [-0.05, 0) is 68.1 Å². The lowest BCUT2D eigenvalue weighted by atomic mass is 9.79. The van der Waals surface area contributed by atoms with Crippen molar-refractivity contribution in [2.45, 2.75) is 187 Å². The molecule has 2 N–H and O–H groups in total. The van der Waals surface area contributed by atoms with E-state index in [1.165, 1.54) is 185 Å². The van der Waals surface area contributed by atoms with Gasteiger partial charge in [0.05, 0.1) is 26.2 Å². The molecule has 0 saturated carbocycles. The van der Waals surface area contributed by atoms with Crippen LogP contribution in [0.1, 0.15) is 198 Å². The maximum atomic E-state index is 9.61. The van der Waals surface area contributed by atoms with Gasteiger partial charge in [0.15, 0.2) is 0 Å². The molecule has 0 unspecified atom stereocenters. The van der Waals surface area contributed by atoms with Gasteiger partial charge in [0.1, 0.15) is 5.60 Å². The minimum atomic E-state index is -1.91. The summed E-state index contributed by atoms with van der Waals surface area (Å²) in [4.78, 5) is 0. The van der Waals surface area contributed by atoms with E-state index in [1.54, 1.807) is 0 Å². The first kappa shape index (κ1) is 49.7. The first-order valence-corrected chi connectivity index (χ1v) is 23.5. The predicted molar refractivity (Wildman–Crippen MR) is 244 cm³/mol. The van der Waals surface area contributed by atoms with Crippen LogP contribution in [0.2, 0.25) is 0 Å². The summed E-state index contributed by atoms with van der Waals surface area (Å²) < 4.78 is 7.18. The van der Waals surface area contributed by atoms with Crippen molar-refractivity contribution in [3.05, 3.63) is 108 Å². The molecular weight excluding hydrogens is 685 g/mol. The van der Waals surface area contributed by atoms with Gasteiger partial charge in [-0.15, -0.1) is 0 Å². The van der Waals surface area contributed by atoms with Crippen molar-refractivity contribution in [1.82, 2.24) is 0 Å². The molecule has 0 aliphatic heterocycles. The third-order valence-corrected chi connectivity index (χ3v) is 11.8. The Hall–Kier alpha value is -2.44.